The average molecular weight is 317 g/mol. The Morgan fingerprint density at radius 1 is 0.864 bits per heavy atom. The minimum atomic E-state index is -1.27. The van der Waals surface area contributed by atoms with Gasteiger partial charge in [-0.2, -0.15) is 0 Å². The Morgan fingerprint density at radius 2 is 1.36 bits per heavy atom. The maximum Gasteiger partial charge on any atom is 0.334 e. The number of nitrogens with two attached hydrogens (primary N) is 3. The van der Waals surface area contributed by atoms with Crippen molar-refractivity contribution < 1.29 is 23.9 Å². The van der Waals surface area contributed by atoms with Crippen LogP contribution in [-0.2, 0) is 23.9 Å². The fourth-order valence-corrected chi connectivity index (χ4v) is 1.46. The molecule has 0 bridgehead atoms. The SMILES string of the molecule is CC(C)C[C@H](N)C(=O)OC(=O)[C@@H](N)COC(=O)[C@@H](N)C(C)C. The third-order valence-corrected chi connectivity index (χ3v) is 2.93. The third kappa shape index (κ3) is 7.48. The Bertz CT molecular complexity index is 398. The molecule has 0 aromatic rings. The largest absolute Gasteiger partial charge is 0.462 e. The van der Waals surface area contributed by atoms with Crippen LogP contribution in [0.15, 0.2) is 0 Å². The molecule has 0 aliphatic rings. The maximum atomic E-state index is 11.6. The summed E-state index contributed by atoms with van der Waals surface area (Å²) >= 11 is 0. The van der Waals surface area contributed by atoms with Crippen molar-refractivity contribution in [3.63, 3.8) is 0 Å². The molecule has 0 spiro atoms. The van der Waals surface area contributed by atoms with Crippen molar-refractivity contribution >= 4 is 17.9 Å². The highest BCUT2D eigenvalue weighted by Crippen LogP contribution is 2.05. The van der Waals surface area contributed by atoms with Crippen molar-refractivity contribution in [1.29, 1.82) is 0 Å². The van der Waals surface area contributed by atoms with Crippen molar-refractivity contribution in [2.75, 3.05) is 6.61 Å². The molecule has 22 heavy (non-hydrogen) atoms. The number of carbonyl (C=O) groups excluding carboxylic acids is 3. The van der Waals surface area contributed by atoms with Gasteiger partial charge in [0.05, 0.1) is 0 Å². The molecule has 0 aromatic carbocycles. The van der Waals surface area contributed by atoms with E-state index in [2.05, 4.69) is 4.74 Å². The van der Waals surface area contributed by atoms with Crippen molar-refractivity contribution in [1.82, 2.24) is 0 Å². The van der Waals surface area contributed by atoms with Crippen LogP contribution in [0.3, 0.4) is 0 Å². The molecular weight excluding hydrogens is 290 g/mol. The first kappa shape index (κ1) is 20.5. The Hall–Kier alpha value is -1.51. The van der Waals surface area contributed by atoms with Gasteiger partial charge in [-0.05, 0) is 18.3 Å². The van der Waals surface area contributed by atoms with Crippen LogP contribution in [0.25, 0.3) is 0 Å². The Kier molecular flexibility index (Phi) is 8.84. The normalized spacial score (nSPS) is 15.3. The Labute approximate surface area is 130 Å². The first-order chi connectivity index (χ1) is 10.1. The minimum Gasteiger partial charge on any atom is -0.462 e. The zero-order chi connectivity index (χ0) is 17.4. The summed E-state index contributed by atoms with van der Waals surface area (Å²) in [7, 11) is 0. The Morgan fingerprint density at radius 3 is 1.82 bits per heavy atom. The molecule has 6 N–H and O–H groups in total. The monoisotopic (exact) mass is 317 g/mol. The molecule has 0 saturated heterocycles. The van der Waals surface area contributed by atoms with Crippen LogP contribution in [0.5, 0.6) is 0 Å². The predicted molar refractivity (Wildman–Crippen MR) is 80.3 cm³/mol. The predicted octanol–water partition coefficient (Wildman–Crippen LogP) is -0.717. The summed E-state index contributed by atoms with van der Waals surface area (Å²) < 4.78 is 9.39. The third-order valence-electron chi connectivity index (χ3n) is 2.93. The Balaban J connectivity index is 4.27. The van der Waals surface area contributed by atoms with Crippen molar-refractivity contribution in [2.45, 2.75) is 52.2 Å². The summed E-state index contributed by atoms with van der Waals surface area (Å²) in [6, 6.07) is -2.96. The van der Waals surface area contributed by atoms with E-state index in [1.165, 1.54) is 0 Å². The second kappa shape index (κ2) is 9.50. The molecule has 3 atom stereocenters. The van der Waals surface area contributed by atoms with E-state index in [1.54, 1.807) is 13.8 Å². The summed E-state index contributed by atoms with van der Waals surface area (Å²) in [6.07, 6.45) is 0.388. The van der Waals surface area contributed by atoms with Gasteiger partial charge in [0, 0.05) is 0 Å². The zero-order valence-electron chi connectivity index (χ0n) is 13.6. The lowest BCUT2D eigenvalue weighted by Crippen LogP contribution is -2.44. The van der Waals surface area contributed by atoms with Gasteiger partial charge in [-0.1, -0.05) is 27.7 Å². The molecule has 0 unspecified atom stereocenters. The standard InChI is InChI=1S/C14H27N3O5/c1-7(2)5-9(15)12(18)22-13(19)10(16)6-21-14(20)11(17)8(3)4/h7-11H,5-6,15-17H2,1-4H3/t9-,10-,11-/m0/s1. The van der Waals surface area contributed by atoms with E-state index in [0.717, 1.165) is 0 Å². The molecule has 0 radical (unpaired) electrons. The number of esters is 3. The van der Waals surface area contributed by atoms with Crippen molar-refractivity contribution in [2.24, 2.45) is 29.0 Å². The van der Waals surface area contributed by atoms with Gasteiger partial charge in [0.25, 0.3) is 0 Å². The highest BCUT2D eigenvalue weighted by molar-refractivity contribution is 5.90. The molecule has 0 rings (SSSR count). The van der Waals surface area contributed by atoms with E-state index in [1.807, 2.05) is 13.8 Å². The van der Waals surface area contributed by atoms with Crippen LogP contribution in [0, 0.1) is 11.8 Å². The number of hydrogen-bond acceptors (Lipinski definition) is 8. The van der Waals surface area contributed by atoms with E-state index in [4.69, 9.17) is 21.9 Å². The number of ether oxygens (including phenoxy) is 2. The molecule has 0 heterocycles. The fourth-order valence-electron chi connectivity index (χ4n) is 1.46. The maximum absolute atomic E-state index is 11.6. The van der Waals surface area contributed by atoms with E-state index in [9.17, 15) is 14.4 Å². The van der Waals surface area contributed by atoms with Gasteiger partial charge in [-0.25, -0.2) is 9.59 Å². The minimum absolute atomic E-state index is 0.105. The number of carbonyl (C=O) groups is 3. The second-order valence-electron chi connectivity index (χ2n) is 5.98. The van der Waals surface area contributed by atoms with E-state index < -0.39 is 42.6 Å². The van der Waals surface area contributed by atoms with Gasteiger partial charge >= 0.3 is 17.9 Å². The fraction of sp³-hybridized carbons (Fsp3) is 0.786. The van der Waals surface area contributed by atoms with Crippen LogP contribution in [-0.4, -0.2) is 42.6 Å². The molecule has 0 amide bonds. The van der Waals surface area contributed by atoms with Gasteiger partial charge in [-0.3, -0.25) is 4.79 Å². The topological polar surface area (TPSA) is 148 Å². The van der Waals surface area contributed by atoms with Gasteiger partial charge in [0.2, 0.25) is 0 Å². The smallest absolute Gasteiger partial charge is 0.334 e. The molecular formula is C14H27N3O5. The van der Waals surface area contributed by atoms with Crippen molar-refractivity contribution in [3.05, 3.63) is 0 Å². The van der Waals surface area contributed by atoms with E-state index >= 15 is 0 Å². The van der Waals surface area contributed by atoms with Gasteiger partial charge in [-0.15, -0.1) is 0 Å². The summed E-state index contributed by atoms with van der Waals surface area (Å²) in [4.78, 5) is 34.7. The first-order valence-electron chi connectivity index (χ1n) is 7.25. The summed E-state index contributed by atoms with van der Waals surface area (Å²) in [6.45, 7) is 6.88. The van der Waals surface area contributed by atoms with Gasteiger partial charge in [0.1, 0.15) is 24.7 Å². The second-order valence-corrected chi connectivity index (χ2v) is 5.98. The van der Waals surface area contributed by atoms with Crippen LogP contribution in [0.4, 0.5) is 0 Å². The zero-order valence-corrected chi connectivity index (χ0v) is 13.6. The lowest BCUT2D eigenvalue weighted by molar-refractivity contribution is -0.163. The molecule has 8 heteroatoms. The molecule has 0 saturated carbocycles. The number of rotatable bonds is 8. The molecule has 0 aromatic heterocycles. The van der Waals surface area contributed by atoms with Crippen LogP contribution >= 0.6 is 0 Å². The summed E-state index contributed by atoms with van der Waals surface area (Å²) in [5.41, 5.74) is 16.7. The lowest BCUT2D eigenvalue weighted by atomic mass is 10.1. The highest BCUT2D eigenvalue weighted by atomic mass is 16.6. The van der Waals surface area contributed by atoms with E-state index in [0.29, 0.717) is 6.42 Å². The quantitative estimate of drug-likeness (QED) is 0.392. The molecule has 0 fully saturated rings. The molecule has 0 aliphatic heterocycles. The van der Waals surface area contributed by atoms with E-state index in [-0.39, 0.29) is 11.8 Å². The molecule has 0 aliphatic carbocycles. The molecule has 128 valence electrons. The highest BCUT2D eigenvalue weighted by Gasteiger charge is 2.26. The van der Waals surface area contributed by atoms with Crippen LogP contribution < -0.4 is 17.2 Å². The molecule has 8 nitrogen and oxygen atoms in total. The van der Waals surface area contributed by atoms with Gasteiger partial charge < -0.3 is 26.7 Å². The first-order valence-corrected chi connectivity index (χ1v) is 7.25. The lowest BCUT2D eigenvalue weighted by Gasteiger charge is -2.17. The summed E-state index contributed by atoms with van der Waals surface area (Å²) in [5, 5.41) is 0. The van der Waals surface area contributed by atoms with Crippen molar-refractivity contribution in [3.8, 4) is 0 Å². The van der Waals surface area contributed by atoms with Crippen LogP contribution in [0.1, 0.15) is 34.1 Å². The van der Waals surface area contributed by atoms with Gasteiger partial charge in [0.15, 0.2) is 0 Å². The average Bonchev–Trinajstić information content (AvgIpc) is 2.42. The van der Waals surface area contributed by atoms with Crippen LogP contribution in [0.2, 0.25) is 0 Å². The summed E-state index contributed by atoms with van der Waals surface area (Å²) in [5.74, 6) is -2.42. The number of hydrogen-bond donors (Lipinski definition) is 3.